The molecule has 1 aromatic rings. The van der Waals surface area contributed by atoms with Gasteiger partial charge in [0.05, 0.1) is 11.3 Å². The van der Waals surface area contributed by atoms with Crippen LogP contribution in [0, 0.1) is 0 Å². The molecule has 1 N–H and O–H groups in total. The van der Waals surface area contributed by atoms with E-state index in [2.05, 4.69) is 10.3 Å². The Morgan fingerprint density at radius 1 is 1.37 bits per heavy atom. The number of esters is 1. The molecule has 0 bridgehead atoms. The molecule has 1 aliphatic rings. The zero-order valence-corrected chi connectivity index (χ0v) is 11.4. The Bertz CT molecular complexity index is 525. The van der Waals surface area contributed by atoms with Gasteiger partial charge in [-0.1, -0.05) is 6.07 Å². The summed E-state index contributed by atoms with van der Waals surface area (Å²) in [6, 6.07) is 5.68. The predicted molar refractivity (Wildman–Crippen MR) is 74.1 cm³/mol. The first-order valence-electron chi connectivity index (χ1n) is 6.24. The van der Waals surface area contributed by atoms with Crippen molar-refractivity contribution in [3.8, 4) is 0 Å². The fraction of sp³-hybridized carbons (Fsp3) is 0.333. The molecule has 100 valence electrons. The van der Waals surface area contributed by atoms with Gasteiger partial charge in [-0.3, -0.25) is 4.98 Å². The number of nitrogens with one attached hydrogen (secondary N) is 1. The van der Waals surface area contributed by atoms with Crippen molar-refractivity contribution in [3.05, 3.63) is 47.9 Å². The first-order chi connectivity index (χ1) is 8.96. The van der Waals surface area contributed by atoms with Crippen LogP contribution < -0.4 is 5.32 Å². The Balaban J connectivity index is 2.18. The molecule has 0 amide bonds. The molecule has 0 radical (unpaired) electrons. The van der Waals surface area contributed by atoms with E-state index in [0.717, 1.165) is 11.3 Å². The molecule has 0 aliphatic carbocycles. The number of pyridine rings is 1. The first-order valence-corrected chi connectivity index (χ1v) is 6.24. The Morgan fingerprint density at radius 2 is 2.16 bits per heavy atom. The quantitative estimate of drug-likeness (QED) is 0.827. The Hall–Kier alpha value is -2.10. The van der Waals surface area contributed by atoms with Gasteiger partial charge in [0.25, 0.3) is 0 Å². The van der Waals surface area contributed by atoms with Crippen molar-refractivity contribution in [2.75, 3.05) is 6.54 Å². The van der Waals surface area contributed by atoms with Gasteiger partial charge >= 0.3 is 5.97 Å². The van der Waals surface area contributed by atoms with Gasteiger partial charge in [-0.25, -0.2) is 4.79 Å². The van der Waals surface area contributed by atoms with Crippen LogP contribution in [0.2, 0.25) is 0 Å². The summed E-state index contributed by atoms with van der Waals surface area (Å²) in [4.78, 5) is 16.3. The van der Waals surface area contributed by atoms with Gasteiger partial charge in [-0.05, 0) is 39.0 Å². The van der Waals surface area contributed by atoms with Crippen molar-refractivity contribution in [2.45, 2.75) is 26.4 Å². The molecule has 0 fully saturated rings. The second-order valence-corrected chi connectivity index (χ2v) is 5.37. The molecule has 2 rings (SSSR count). The average molecular weight is 258 g/mol. The molecule has 0 aromatic carbocycles. The lowest BCUT2D eigenvalue weighted by Crippen LogP contribution is -2.29. The van der Waals surface area contributed by atoms with E-state index in [9.17, 15) is 4.79 Å². The van der Waals surface area contributed by atoms with Gasteiger partial charge in [0.1, 0.15) is 5.60 Å². The van der Waals surface area contributed by atoms with Crippen LogP contribution in [0.4, 0.5) is 0 Å². The molecule has 1 aliphatic heterocycles. The topological polar surface area (TPSA) is 51.2 Å². The lowest BCUT2D eigenvalue weighted by Gasteiger charge is -2.22. The highest BCUT2D eigenvalue weighted by Crippen LogP contribution is 2.19. The number of hydrogen-bond donors (Lipinski definition) is 1. The van der Waals surface area contributed by atoms with Gasteiger partial charge < -0.3 is 10.1 Å². The van der Waals surface area contributed by atoms with E-state index < -0.39 is 5.60 Å². The minimum absolute atomic E-state index is 0.290. The summed E-state index contributed by atoms with van der Waals surface area (Å²) in [6.07, 6.45) is 5.41. The van der Waals surface area contributed by atoms with Gasteiger partial charge in [-0.15, -0.1) is 0 Å². The summed E-state index contributed by atoms with van der Waals surface area (Å²) in [5.41, 5.74) is 1.84. The molecule has 0 spiro atoms. The molecule has 19 heavy (non-hydrogen) atoms. The van der Waals surface area contributed by atoms with Crippen LogP contribution in [-0.2, 0) is 9.53 Å². The van der Waals surface area contributed by atoms with Crippen molar-refractivity contribution >= 4 is 11.5 Å². The maximum atomic E-state index is 12.0. The van der Waals surface area contributed by atoms with Crippen LogP contribution >= 0.6 is 0 Å². The van der Waals surface area contributed by atoms with E-state index in [0.29, 0.717) is 12.1 Å². The van der Waals surface area contributed by atoms with Crippen molar-refractivity contribution in [2.24, 2.45) is 0 Å². The third kappa shape index (κ3) is 3.68. The monoisotopic (exact) mass is 258 g/mol. The van der Waals surface area contributed by atoms with Crippen LogP contribution in [0.3, 0.4) is 0 Å². The summed E-state index contributed by atoms with van der Waals surface area (Å²) >= 11 is 0. The molecule has 0 saturated carbocycles. The fourth-order valence-corrected chi connectivity index (χ4v) is 1.71. The number of dihydropyridines is 1. The predicted octanol–water partition coefficient (Wildman–Crippen LogP) is 2.29. The molecular weight excluding hydrogens is 240 g/mol. The molecule has 0 unspecified atom stereocenters. The zero-order valence-electron chi connectivity index (χ0n) is 11.4. The summed E-state index contributed by atoms with van der Waals surface area (Å²) in [6.45, 7) is 6.05. The third-order valence-electron chi connectivity index (χ3n) is 2.50. The number of ether oxygens (including phenoxy) is 1. The van der Waals surface area contributed by atoms with E-state index >= 15 is 0 Å². The first kappa shape index (κ1) is 13.3. The van der Waals surface area contributed by atoms with Crippen molar-refractivity contribution in [1.29, 1.82) is 0 Å². The summed E-state index contributed by atoms with van der Waals surface area (Å²) in [5, 5.41) is 3.08. The number of rotatable bonds is 2. The normalized spacial score (nSPS) is 15.1. The fourth-order valence-electron chi connectivity index (χ4n) is 1.71. The Labute approximate surface area is 113 Å². The smallest absolute Gasteiger partial charge is 0.336 e. The van der Waals surface area contributed by atoms with Gasteiger partial charge in [0.15, 0.2) is 0 Å². The zero-order chi connectivity index (χ0) is 13.9. The minimum Gasteiger partial charge on any atom is -0.457 e. The maximum absolute atomic E-state index is 12.0. The molecule has 4 heteroatoms. The number of nitrogens with zero attached hydrogens (tertiary/aromatic N) is 1. The highest BCUT2D eigenvalue weighted by molar-refractivity contribution is 5.93. The standard InChI is InChI=1S/C15H18N2O2/c1-15(2,3)19-14(18)12-8-11(9-16-10-12)13-6-4-5-7-17-13/h4-9,16H,10H2,1-3H3. The molecular formula is C15H18N2O2. The third-order valence-corrected chi connectivity index (χ3v) is 2.50. The van der Waals surface area contributed by atoms with Crippen molar-refractivity contribution < 1.29 is 9.53 Å². The summed E-state index contributed by atoms with van der Waals surface area (Å²) < 4.78 is 5.37. The molecule has 0 saturated heterocycles. The second kappa shape index (κ2) is 5.26. The Kier molecular flexibility index (Phi) is 3.69. The van der Waals surface area contributed by atoms with Gasteiger partial charge in [0, 0.05) is 24.5 Å². The maximum Gasteiger partial charge on any atom is 0.336 e. The number of aromatic nitrogens is 1. The SMILES string of the molecule is CC(C)(C)OC(=O)C1=CC(c2ccccn2)=CNC1. The van der Waals surface area contributed by atoms with Gasteiger partial charge in [-0.2, -0.15) is 0 Å². The molecule has 1 aromatic heterocycles. The number of hydrogen-bond acceptors (Lipinski definition) is 4. The summed E-state index contributed by atoms with van der Waals surface area (Å²) in [5.74, 6) is -0.290. The number of carbonyl (C=O) groups is 1. The van der Waals surface area contributed by atoms with Crippen LogP contribution in [0.25, 0.3) is 5.57 Å². The highest BCUT2D eigenvalue weighted by atomic mass is 16.6. The van der Waals surface area contributed by atoms with Crippen LogP contribution in [-0.4, -0.2) is 23.1 Å². The van der Waals surface area contributed by atoms with Gasteiger partial charge in [0.2, 0.25) is 0 Å². The molecule has 4 nitrogen and oxygen atoms in total. The van der Waals surface area contributed by atoms with E-state index in [-0.39, 0.29) is 5.97 Å². The average Bonchev–Trinajstić information content (AvgIpc) is 2.38. The van der Waals surface area contributed by atoms with Crippen molar-refractivity contribution in [1.82, 2.24) is 10.3 Å². The minimum atomic E-state index is -0.482. The second-order valence-electron chi connectivity index (χ2n) is 5.37. The van der Waals surface area contributed by atoms with Crippen LogP contribution in [0.15, 0.2) is 42.2 Å². The molecule has 2 heterocycles. The lowest BCUT2D eigenvalue weighted by atomic mass is 10.1. The highest BCUT2D eigenvalue weighted by Gasteiger charge is 2.21. The molecule has 0 atom stereocenters. The largest absolute Gasteiger partial charge is 0.457 e. The van der Waals surface area contributed by atoms with E-state index in [1.807, 2.05) is 51.2 Å². The van der Waals surface area contributed by atoms with Crippen molar-refractivity contribution in [3.63, 3.8) is 0 Å². The van der Waals surface area contributed by atoms with E-state index in [4.69, 9.17) is 4.74 Å². The Morgan fingerprint density at radius 3 is 2.79 bits per heavy atom. The number of carbonyl (C=O) groups excluding carboxylic acids is 1. The van der Waals surface area contributed by atoms with Crippen LogP contribution in [0.1, 0.15) is 26.5 Å². The van der Waals surface area contributed by atoms with Crippen LogP contribution in [0.5, 0.6) is 0 Å². The number of allylic oxidation sites excluding steroid dienone is 2. The lowest BCUT2D eigenvalue weighted by molar-refractivity contribution is -0.149. The summed E-state index contributed by atoms with van der Waals surface area (Å²) in [7, 11) is 0. The van der Waals surface area contributed by atoms with E-state index in [1.54, 1.807) is 6.20 Å². The van der Waals surface area contributed by atoms with E-state index in [1.165, 1.54) is 0 Å².